The first kappa shape index (κ1) is 22.9. The molecule has 11 heteroatoms. The van der Waals surface area contributed by atoms with E-state index in [9.17, 15) is 26.9 Å². The Morgan fingerprint density at radius 1 is 0.774 bits per heavy atom. The van der Waals surface area contributed by atoms with E-state index < -0.39 is 36.3 Å². The maximum absolute atomic E-state index is 13.5. The van der Waals surface area contributed by atoms with Crippen molar-refractivity contribution in [1.82, 2.24) is 0 Å². The summed E-state index contributed by atoms with van der Waals surface area (Å²) in [6.45, 7) is 3.52. The van der Waals surface area contributed by atoms with Crippen LogP contribution in [-0.2, 0) is 20.0 Å². The van der Waals surface area contributed by atoms with Crippen molar-refractivity contribution in [2.45, 2.75) is 23.6 Å². The van der Waals surface area contributed by atoms with Crippen molar-refractivity contribution >= 4 is 47.4 Å². The van der Waals surface area contributed by atoms with Gasteiger partial charge < -0.3 is 0 Å². The molecule has 0 radical (unpaired) electrons. The maximum atomic E-state index is 13.5. The molecule has 0 amide bonds. The molecule has 3 aromatic carbocycles. The first-order valence-corrected chi connectivity index (χ1v) is 12.5. The lowest BCUT2D eigenvalue weighted by Gasteiger charge is -2.25. The van der Waals surface area contributed by atoms with Crippen LogP contribution in [0.25, 0.3) is 0 Å². The number of nitrogens with zero attached hydrogens (tertiary/aromatic N) is 2. The molecule has 0 saturated carbocycles. The molecule has 3 aromatic rings. The van der Waals surface area contributed by atoms with Crippen LogP contribution < -0.4 is 3.71 Å². The zero-order chi connectivity index (χ0) is 23.0. The number of benzene rings is 3. The van der Waals surface area contributed by atoms with Gasteiger partial charge in [0.25, 0.3) is 25.7 Å². The van der Waals surface area contributed by atoms with Gasteiger partial charge in [0.1, 0.15) is 0 Å². The molecule has 0 aliphatic carbocycles. The zero-order valence-electron chi connectivity index (χ0n) is 16.4. The Kier molecular flexibility index (Phi) is 6.21. The Balaban J connectivity index is 2.34. The molecular formula is C20H17BrN2O6S2. The molecule has 162 valence electrons. The van der Waals surface area contributed by atoms with Crippen LogP contribution in [0.1, 0.15) is 11.1 Å². The van der Waals surface area contributed by atoms with Crippen LogP contribution in [-0.4, -0.2) is 21.8 Å². The van der Waals surface area contributed by atoms with Crippen molar-refractivity contribution in [3.8, 4) is 0 Å². The Bertz CT molecular complexity index is 1280. The zero-order valence-corrected chi connectivity index (χ0v) is 19.6. The van der Waals surface area contributed by atoms with Crippen molar-refractivity contribution in [3.05, 3.63) is 92.4 Å². The number of non-ortho nitro benzene ring substituents is 1. The van der Waals surface area contributed by atoms with Crippen molar-refractivity contribution in [2.75, 3.05) is 3.71 Å². The molecule has 31 heavy (non-hydrogen) atoms. The fourth-order valence-electron chi connectivity index (χ4n) is 2.75. The van der Waals surface area contributed by atoms with Gasteiger partial charge >= 0.3 is 0 Å². The van der Waals surface area contributed by atoms with E-state index in [1.54, 1.807) is 13.8 Å². The van der Waals surface area contributed by atoms with Crippen LogP contribution in [0.3, 0.4) is 0 Å². The van der Waals surface area contributed by atoms with Gasteiger partial charge in [-0.1, -0.05) is 35.4 Å². The lowest BCUT2D eigenvalue weighted by atomic mass is 10.2. The van der Waals surface area contributed by atoms with Gasteiger partial charge in [-0.05, 0) is 60.1 Å². The predicted molar refractivity (Wildman–Crippen MR) is 120 cm³/mol. The molecular weight excluding hydrogens is 508 g/mol. The molecule has 0 bridgehead atoms. The number of anilines is 1. The molecule has 0 unspecified atom stereocenters. The number of aryl methyl sites for hydroxylation is 2. The smallest absolute Gasteiger partial charge is 0.258 e. The van der Waals surface area contributed by atoms with Crippen molar-refractivity contribution in [2.24, 2.45) is 0 Å². The predicted octanol–water partition coefficient (Wildman–Crippen LogP) is 4.56. The highest BCUT2D eigenvalue weighted by molar-refractivity contribution is 9.10. The summed E-state index contributed by atoms with van der Waals surface area (Å²) in [7, 11) is -9.32. The van der Waals surface area contributed by atoms with Gasteiger partial charge in [-0.2, -0.15) is 3.71 Å². The summed E-state index contributed by atoms with van der Waals surface area (Å²) in [6, 6.07) is 14.6. The van der Waals surface area contributed by atoms with E-state index in [0.717, 1.165) is 23.3 Å². The highest BCUT2D eigenvalue weighted by atomic mass is 79.9. The summed E-state index contributed by atoms with van der Waals surface area (Å²) < 4.78 is 54.4. The van der Waals surface area contributed by atoms with Crippen LogP contribution in [0.5, 0.6) is 0 Å². The van der Waals surface area contributed by atoms with Crippen LogP contribution >= 0.6 is 15.9 Å². The van der Waals surface area contributed by atoms with Gasteiger partial charge in [0.05, 0.1) is 20.4 Å². The molecule has 0 spiro atoms. The number of nitro groups is 1. The van der Waals surface area contributed by atoms with Gasteiger partial charge in [0.2, 0.25) is 0 Å². The number of hydrogen-bond acceptors (Lipinski definition) is 6. The van der Waals surface area contributed by atoms with Gasteiger partial charge in [-0.25, -0.2) is 16.8 Å². The van der Waals surface area contributed by atoms with E-state index >= 15 is 0 Å². The largest absolute Gasteiger partial charge is 0.277 e. The van der Waals surface area contributed by atoms with Gasteiger partial charge in [0.15, 0.2) is 0 Å². The summed E-state index contributed by atoms with van der Waals surface area (Å²) in [5.41, 5.74) is 0.712. The first-order chi connectivity index (χ1) is 14.4. The van der Waals surface area contributed by atoms with E-state index in [1.807, 2.05) is 0 Å². The quantitative estimate of drug-likeness (QED) is 0.344. The second kappa shape index (κ2) is 8.40. The number of halogens is 1. The average molecular weight is 525 g/mol. The second-order valence-corrected chi connectivity index (χ2v) is 11.4. The highest BCUT2D eigenvalue weighted by Gasteiger charge is 2.38. The van der Waals surface area contributed by atoms with Crippen molar-refractivity contribution in [3.63, 3.8) is 0 Å². The third-order valence-corrected chi connectivity index (χ3v) is 9.26. The van der Waals surface area contributed by atoms with Gasteiger partial charge in [0, 0.05) is 16.6 Å². The molecule has 0 saturated heterocycles. The molecule has 0 aliphatic rings. The number of hydrogen-bond donors (Lipinski definition) is 0. The molecule has 0 N–H and O–H groups in total. The minimum atomic E-state index is -4.66. The summed E-state index contributed by atoms with van der Waals surface area (Å²) in [5.74, 6) is 0. The monoisotopic (exact) mass is 524 g/mol. The maximum Gasteiger partial charge on any atom is 0.277 e. The Morgan fingerprint density at radius 2 is 1.19 bits per heavy atom. The van der Waals surface area contributed by atoms with Crippen LogP contribution in [0, 0.1) is 24.0 Å². The minimum Gasteiger partial charge on any atom is -0.258 e. The summed E-state index contributed by atoms with van der Waals surface area (Å²) >= 11 is 3.14. The number of sulfonamides is 2. The molecule has 0 atom stereocenters. The van der Waals surface area contributed by atoms with E-state index in [-0.39, 0.29) is 18.0 Å². The van der Waals surface area contributed by atoms with Gasteiger partial charge in [-0.15, -0.1) is 0 Å². The normalized spacial score (nSPS) is 11.8. The van der Waals surface area contributed by atoms with E-state index in [1.165, 1.54) is 54.6 Å². The molecule has 0 fully saturated rings. The van der Waals surface area contributed by atoms with Gasteiger partial charge in [-0.3, -0.25) is 10.1 Å². The summed E-state index contributed by atoms with van der Waals surface area (Å²) in [4.78, 5) is 10.0. The minimum absolute atomic E-state index is 0.0597. The molecule has 0 aliphatic heterocycles. The summed E-state index contributed by atoms with van der Waals surface area (Å²) in [5, 5.41) is 11.3. The van der Waals surface area contributed by atoms with Crippen molar-refractivity contribution in [1.29, 1.82) is 0 Å². The van der Waals surface area contributed by atoms with E-state index in [2.05, 4.69) is 15.9 Å². The molecule has 0 heterocycles. The lowest BCUT2D eigenvalue weighted by Crippen LogP contribution is -2.37. The topological polar surface area (TPSA) is 115 Å². The third-order valence-electron chi connectivity index (χ3n) is 4.41. The number of nitro benzene ring substituents is 1. The summed E-state index contributed by atoms with van der Waals surface area (Å²) in [6.07, 6.45) is 0. The van der Waals surface area contributed by atoms with Crippen LogP contribution in [0.2, 0.25) is 0 Å². The highest BCUT2D eigenvalue weighted by Crippen LogP contribution is 2.38. The Morgan fingerprint density at radius 3 is 1.58 bits per heavy atom. The Labute approximate surface area is 188 Å². The van der Waals surface area contributed by atoms with E-state index in [4.69, 9.17) is 0 Å². The van der Waals surface area contributed by atoms with Crippen LogP contribution in [0.4, 0.5) is 11.4 Å². The second-order valence-electron chi connectivity index (χ2n) is 6.73. The molecule has 8 nitrogen and oxygen atoms in total. The third kappa shape index (κ3) is 4.48. The van der Waals surface area contributed by atoms with Crippen molar-refractivity contribution < 1.29 is 21.8 Å². The van der Waals surface area contributed by atoms with Crippen LogP contribution in [0.15, 0.2) is 81.0 Å². The van der Waals surface area contributed by atoms with E-state index in [0.29, 0.717) is 0 Å². The molecule has 0 aromatic heterocycles. The standard InChI is InChI=1S/C20H17BrN2O6S2/c1-14-3-8-17(9-4-14)30(26,27)23(20-13-16(22(24)25)7-12-19(20)21)31(28,29)18-10-5-15(2)6-11-18/h3-13H,1-2H3. The molecule has 3 rings (SSSR count). The lowest BCUT2D eigenvalue weighted by molar-refractivity contribution is -0.384. The SMILES string of the molecule is Cc1ccc(S(=O)(=O)N(c2cc([N+](=O)[O-])ccc2Br)S(=O)(=O)c2ccc(C)cc2)cc1. The average Bonchev–Trinajstić information content (AvgIpc) is 2.69. The fourth-order valence-corrected chi connectivity index (χ4v) is 7.13. The first-order valence-electron chi connectivity index (χ1n) is 8.82. The number of rotatable bonds is 6. The Hall–Kier alpha value is -2.76. The fraction of sp³-hybridized carbons (Fsp3) is 0.100.